The molecule has 0 aliphatic carbocycles. The highest BCUT2D eigenvalue weighted by molar-refractivity contribution is 5.79. The number of esters is 1. The van der Waals surface area contributed by atoms with Gasteiger partial charge in [-0.05, 0) is 13.3 Å². The zero-order valence-electron chi connectivity index (χ0n) is 7.50. The van der Waals surface area contributed by atoms with Gasteiger partial charge in [0.25, 0.3) is 0 Å². The van der Waals surface area contributed by atoms with Gasteiger partial charge in [0.1, 0.15) is 5.78 Å². The second-order valence-corrected chi connectivity index (χ2v) is 3.31. The first-order valence-corrected chi connectivity index (χ1v) is 4.31. The minimum absolute atomic E-state index is 0.0473. The van der Waals surface area contributed by atoms with Gasteiger partial charge in [-0.25, -0.2) is 0 Å². The zero-order valence-corrected chi connectivity index (χ0v) is 7.50. The number of rotatable bonds is 3. The molecule has 0 spiro atoms. The van der Waals surface area contributed by atoms with Crippen molar-refractivity contribution in [1.29, 1.82) is 0 Å². The molecule has 0 amide bonds. The summed E-state index contributed by atoms with van der Waals surface area (Å²) < 4.78 is 4.88. The van der Waals surface area contributed by atoms with Crippen molar-refractivity contribution in [1.82, 2.24) is 0 Å². The quantitative estimate of drug-likeness (QED) is 0.597. The first-order chi connectivity index (χ1) is 5.65. The highest BCUT2D eigenvalue weighted by atomic mass is 16.5. The molecule has 1 aliphatic heterocycles. The number of carbonyl (C=O) groups is 2. The van der Waals surface area contributed by atoms with Crippen LogP contribution in [0.4, 0.5) is 0 Å². The monoisotopic (exact) mass is 170 g/mol. The Hall–Kier alpha value is -0.860. The van der Waals surface area contributed by atoms with Crippen molar-refractivity contribution in [3.63, 3.8) is 0 Å². The lowest BCUT2D eigenvalue weighted by Crippen LogP contribution is -2.17. The van der Waals surface area contributed by atoms with E-state index in [0.29, 0.717) is 13.0 Å². The number of ketones is 1. The largest absolute Gasteiger partial charge is 0.465 e. The van der Waals surface area contributed by atoms with Crippen molar-refractivity contribution in [2.45, 2.75) is 26.7 Å². The Morgan fingerprint density at radius 3 is 2.83 bits per heavy atom. The molecule has 3 nitrogen and oxygen atoms in total. The summed E-state index contributed by atoms with van der Waals surface area (Å²) in [7, 11) is 0. The molecule has 0 bridgehead atoms. The molecule has 0 saturated carbocycles. The van der Waals surface area contributed by atoms with Crippen LogP contribution in [-0.4, -0.2) is 18.4 Å². The van der Waals surface area contributed by atoms with E-state index in [1.54, 1.807) is 6.92 Å². The van der Waals surface area contributed by atoms with E-state index in [0.717, 1.165) is 6.42 Å². The van der Waals surface area contributed by atoms with Crippen molar-refractivity contribution in [3.05, 3.63) is 0 Å². The molecule has 0 aromatic heterocycles. The van der Waals surface area contributed by atoms with Gasteiger partial charge in [-0.1, -0.05) is 6.92 Å². The molecule has 12 heavy (non-hydrogen) atoms. The number of ether oxygens (including phenoxy) is 1. The van der Waals surface area contributed by atoms with Gasteiger partial charge in [0.15, 0.2) is 0 Å². The van der Waals surface area contributed by atoms with E-state index < -0.39 is 0 Å². The van der Waals surface area contributed by atoms with Crippen LogP contribution in [0.5, 0.6) is 0 Å². The molecule has 0 radical (unpaired) electrons. The molecule has 1 heterocycles. The van der Waals surface area contributed by atoms with Gasteiger partial charge in [0.05, 0.1) is 12.5 Å². The van der Waals surface area contributed by atoms with Gasteiger partial charge < -0.3 is 9.53 Å². The van der Waals surface area contributed by atoms with Crippen molar-refractivity contribution < 1.29 is 14.3 Å². The lowest BCUT2D eigenvalue weighted by molar-refractivity contribution is -0.141. The van der Waals surface area contributed by atoms with Crippen LogP contribution in [0.25, 0.3) is 0 Å². The van der Waals surface area contributed by atoms with Crippen molar-refractivity contribution in [3.8, 4) is 0 Å². The molecule has 0 N–H and O–H groups in total. The third-order valence-electron chi connectivity index (χ3n) is 2.30. The van der Waals surface area contributed by atoms with Gasteiger partial charge in [-0.3, -0.25) is 4.79 Å². The highest BCUT2D eigenvalue weighted by Crippen LogP contribution is 2.27. The SMILES string of the molecule is CC[C@@H]1C(=O)OC[C@H]1CC(C)=O. The smallest absolute Gasteiger partial charge is 0.309 e. The maximum atomic E-state index is 11.1. The van der Waals surface area contributed by atoms with E-state index in [1.807, 2.05) is 6.92 Å². The van der Waals surface area contributed by atoms with Crippen LogP contribution in [0.2, 0.25) is 0 Å². The van der Waals surface area contributed by atoms with Crippen LogP contribution in [0.3, 0.4) is 0 Å². The Kier molecular flexibility index (Phi) is 2.84. The maximum absolute atomic E-state index is 11.1. The Bertz CT molecular complexity index is 198. The third kappa shape index (κ3) is 1.84. The van der Waals surface area contributed by atoms with E-state index in [1.165, 1.54) is 0 Å². The number of carbonyl (C=O) groups excluding carboxylic acids is 2. The number of Topliss-reactive ketones (excluding diaryl/α,β-unsaturated/α-hetero) is 1. The summed E-state index contributed by atoms with van der Waals surface area (Å²) in [4.78, 5) is 21.9. The van der Waals surface area contributed by atoms with Crippen molar-refractivity contribution in [2.24, 2.45) is 11.8 Å². The van der Waals surface area contributed by atoms with Crippen LogP contribution in [0, 0.1) is 11.8 Å². The summed E-state index contributed by atoms with van der Waals surface area (Å²) in [5.74, 6) is 0.0781. The topological polar surface area (TPSA) is 43.4 Å². The molecule has 68 valence electrons. The number of hydrogen-bond acceptors (Lipinski definition) is 3. The predicted molar refractivity (Wildman–Crippen MR) is 43.5 cm³/mol. The lowest BCUT2D eigenvalue weighted by atomic mass is 9.89. The summed E-state index contributed by atoms with van der Waals surface area (Å²) in [6.45, 7) is 3.93. The summed E-state index contributed by atoms with van der Waals surface area (Å²) in [5, 5.41) is 0. The van der Waals surface area contributed by atoms with Gasteiger partial charge in [0.2, 0.25) is 0 Å². The second kappa shape index (κ2) is 3.70. The van der Waals surface area contributed by atoms with E-state index >= 15 is 0 Å². The van der Waals surface area contributed by atoms with Gasteiger partial charge in [0, 0.05) is 12.3 Å². The fraction of sp³-hybridized carbons (Fsp3) is 0.778. The molecule has 1 aliphatic rings. The zero-order chi connectivity index (χ0) is 9.14. The molecule has 2 atom stereocenters. The Morgan fingerprint density at radius 2 is 2.33 bits per heavy atom. The fourth-order valence-corrected chi connectivity index (χ4v) is 1.68. The summed E-state index contributed by atoms with van der Waals surface area (Å²) in [6, 6.07) is 0. The maximum Gasteiger partial charge on any atom is 0.309 e. The molecular formula is C9H14O3. The van der Waals surface area contributed by atoms with Crippen LogP contribution >= 0.6 is 0 Å². The van der Waals surface area contributed by atoms with Gasteiger partial charge in [-0.15, -0.1) is 0 Å². The number of cyclic esters (lactones) is 1. The van der Waals surface area contributed by atoms with Crippen LogP contribution in [0.1, 0.15) is 26.7 Å². The van der Waals surface area contributed by atoms with Crippen molar-refractivity contribution >= 4 is 11.8 Å². The van der Waals surface area contributed by atoms with Crippen LogP contribution in [0.15, 0.2) is 0 Å². The molecule has 0 unspecified atom stereocenters. The van der Waals surface area contributed by atoms with E-state index in [9.17, 15) is 9.59 Å². The van der Waals surface area contributed by atoms with E-state index in [4.69, 9.17) is 4.74 Å². The normalized spacial score (nSPS) is 28.7. The molecule has 1 rings (SSSR count). The first kappa shape index (κ1) is 9.23. The van der Waals surface area contributed by atoms with Gasteiger partial charge >= 0.3 is 5.97 Å². The third-order valence-corrected chi connectivity index (χ3v) is 2.30. The fourth-order valence-electron chi connectivity index (χ4n) is 1.68. The first-order valence-electron chi connectivity index (χ1n) is 4.31. The molecule has 0 aromatic rings. The Labute approximate surface area is 72.1 Å². The minimum Gasteiger partial charge on any atom is -0.465 e. The second-order valence-electron chi connectivity index (χ2n) is 3.31. The summed E-state index contributed by atoms with van der Waals surface area (Å²) in [5.41, 5.74) is 0. The Morgan fingerprint density at radius 1 is 1.67 bits per heavy atom. The highest BCUT2D eigenvalue weighted by Gasteiger charge is 2.35. The number of hydrogen-bond donors (Lipinski definition) is 0. The predicted octanol–water partition coefficient (Wildman–Crippen LogP) is 1.16. The molecule has 1 fully saturated rings. The Balaban J connectivity index is 2.54. The van der Waals surface area contributed by atoms with Crippen molar-refractivity contribution in [2.75, 3.05) is 6.61 Å². The minimum atomic E-state index is -0.135. The van der Waals surface area contributed by atoms with Crippen LogP contribution < -0.4 is 0 Å². The average molecular weight is 170 g/mol. The molecular weight excluding hydrogens is 156 g/mol. The van der Waals surface area contributed by atoms with Gasteiger partial charge in [-0.2, -0.15) is 0 Å². The standard InChI is InChI=1S/C9H14O3/c1-3-8-7(4-6(2)10)5-12-9(8)11/h7-8H,3-5H2,1-2H3/t7-,8+/m1/s1. The average Bonchev–Trinajstić information content (AvgIpc) is 2.30. The van der Waals surface area contributed by atoms with E-state index in [-0.39, 0.29) is 23.6 Å². The lowest BCUT2D eigenvalue weighted by Gasteiger charge is -2.09. The summed E-state index contributed by atoms with van der Waals surface area (Å²) in [6.07, 6.45) is 1.25. The molecule has 1 saturated heterocycles. The molecule has 0 aromatic carbocycles. The van der Waals surface area contributed by atoms with E-state index in [2.05, 4.69) is 0 Å². The van der Waals surface area contributed by atoms with Crippen LogP contribution in [-0.2, 0) is 14.3 Å². The molecule has 3 heteroatoms. The summed E-state index contributed by atoms with van der Waals surface area (Å²) >= 11 is 0.